The minimum atomic E-state index is -1.40. The molecule has 1 aliphatic rings. The molecule has 1 aliphatic heterocycles. The zero-order valence-corrected chi connectivity index (χ0v) is 17.0. The molecule has 1 aromatic rings. The Morgan fingerprint density at radius 2 is 1.41 bits per heavy atom. The molecule has 29 heavy (non-hydrogen) atoms. The number of hydrogen-bond acceptors (Lipinski definition) is 9. The summed E-state index contributed by atoms with van der Waals surface area (Å²) in [7, 11) is 7.74. The van der Waals surface area contributed by atoms with E-state index in [0.717, 1.165) is 28.4 Å². The summed E-state index contributed by atoms with van der Waals surface area (Å²) in [5, 5.41) is 0. The van der Waals surface area contributed by atoms with Gasteiger partial charge in [0, 0.05) is 20.3 Å². The number of rotatable bonds is 5. The standard InChI is InChI=1S/C19H22N2O8/c1-20(2)14-10-8-7-9-21(10)15(19(25)29-6)13(18(24)28-5)11(16(22)26-3)12(14)17(23)27-4/h7-9,15H,1-6H3. The molecule has 10 nitrogen and oxygen atoms in total. The number of nitrogens with zero attached hydrogens (tertiary/aromatic N) is 2. The van der Waals surface area contributed by atoms with Crippen molar-refractivity contribution in [3.63, 3.8) is 0 Å². The van der Waals surface area contributed by atoms with E-state index in [0.29, 0.717) is 5.69 Å². The molecule has 0 N–H and O–H groups in total. The van der Waals surface area contributed by atoms with Crippen LogP contribution in [-0.4, -0.2) is 75.9 Å². The summed E-state index contributed by atoms with van der Waals surface area (Å²) in [5.41, 5.74) is -0.452. The van der Waals surface area contributed by atoms with Crippen molar-refractivity contribution in [2.75, 3.05) is 42.5 Å². The first-order chi connectivity index (χ1) is 13.7. The van der Waals surface area contributed by atoms with Gasteiger partial charge in [0.05, 0.1) is 51.0 Å². The predicted octanol–water partition coefficient (Wildman–Crippen LogP) is 0.304. The van der Waals surface area contributed by atoms with Crippen molar-refractivity contribution in [2.24, 2.45) is 0 Å². The fraction of sp³-hybridized carbons (Fsp3) is 0.368. The topological polar surface area (TPSA) is 113 Å². The molecule has 2 rings (SSSR count). The van der Waals surface area contributed by atoms with E-state index in [1.165, 1.54) is 10.8 Å². The monoisotopic (exact) mass is 406 g/mol. The lowest BCUT2D eigenvalue weighted by atomic mass is 9.93. The Hall–Kier alpha value is -3.56. The molecule has 0 fully saturated rings. The highest BCUT2D eigenvalue weighted by Crippen LogP contribution is 2.39. The average molecular weight is 406 g/mol. The first kappa shape index (κ1) is 21.7. The van der Waals surface area contributed by atoms with Gasteiger partial charge >= 0.3 is 23.9 Å². The van der Waals surface area contributed by atoms with Gasteiger partial charge in [0.15, 0.2) is 6.04 Å². The average Bonchev–Trinajstić information content (AvgIpc) is 3.13. The lowest BCUT2D eigenvalue weighted by molar-refractivity contribution is -0.147. The molecule has 0 radical (unpaired) electrons. The number of carbonyl (C=O) groups excluding carboxylic acids is 4. The number of methoxy groups -OCH3 is 4. The summed E-state index contributed by atoms with van der Waals surface area (Å²) in [6.45, 7) is 0. The number of hydrogen-bond donors (Lipinski definition) is 0. The van der Waals surface area contributed by atoms with Crippen LogP contribution in [0.4, 0.5) is 0 Å². The van der Waals surface area contributed by atoms with E-state index in [9.17, 15) is 19.2 Å². The number of esters is 4. The van der Waals surface area contributed by atoms with Gasteiger partial charge in [0.1, 0.15) is 5.57 Å². The van der Waals surface area contributed by atoms with Crippen molar-refractivity contribution in [2.45, 2.75) is 6.04 Å². The van der Waals surface area contributed by atoms with Crippen LogP contribution in [0, 0.1) is 0 Å². The maximum absolute atomic E-state index is 12.8. The number of fused-ring (bicyclic) bond motifs is 1. The zero-order chi connectivity index (χ0) is 21.9. The lowest BCUT2D eigenvalue weighted by Crippen LogP contribution is -2.30. The molecule has 0 bridgehead atoms. The lowest BCUT2D eigenvalue weighted by Gasteiger charge is -2.22. The minimum Gasteiger partial charge on any atom is -0.467 e. The molecule has 0 spiro atoms. The Morgan fingerprint density at radius 3 is 1.90 bits per heavy atom. The maximum Gasteiger partial charge on any atom is 0.340 e. The molecule has 1 unspecified atom stereocenters. The molecule has 1 atom stereocenters. The Bertz CT molecular complexity index is 922. The second kappa shape index (κ2) is 8.63. The van der Waals surface area contributed by atoms with Crippen molar-refractivity contribution >= 4 is 29.6 Å². The van der Waals surface area contributed by atoms with Crippen molar-refractivity contribution in [1.82, 2.24) is 9.47 Å². The van der Waals surface area contributed by atoms with Gasteiger partial charge in [0.2, 0.25) is 0 Å². The highest BCUT2D eigenvalue weighted by Gasteiger charge is 2.44. The molecule has 0 saturated carbocycles. The van der Waals surface area contributed by atoms with Gasteiger partial charge in [0.25, 0.3) is 0 Å². The molecule has 156 valence electrons. The highest BCUT2D eigenvalue weighted by molar-refractivity contribution is 6.17. The van der Waals surface area contributed by atoms with Crippen LogP contribution in [0.1, 0.15) is 11.7 Å². The van der Waals surface area contributed by atoms with E-state index in [-0.39, 0.29) is 11.3 Å². The van der Waals surface area contributed by atoms with E-state index in [1.54, 1.807) is 31.1 Å². The normalized spacial score (nSPS) is 15.9. The van der Waals surface area contributed by atoms with Crippen molar-refractivity contribution in [1.29, 1.82) is 0 Å². The van der Waals surface area contributed by atoms with Crippen molar-refractivity contribution < 1.29 is 38.1 Å². The van der Waals surface area contributed by atoms with Crippen LogP contribution >= 0.6 is 0 Å². The zero-order valence-electron chi connectivity index (χ0n) is 17.0. The third-order valence-corrected chi connectivity index (χ3v) is 4.39. The van der Waals surface area contributed by atoms with E-state index in [1.807, 2.05) is 0 Å². The largest absolute Gasteiger partial charge is 0.467 e. The predicted molar refractivity (Wildman–Crippen MR) is 99.2 cm³/mol. The minimum absolute atomic E-state index is 0.240. The van der Waals surface area contributed by atoms with E-state index in [2.05, 4.69) is 0 Å². The molecule has 0 aliphatic carbocycles. The van der Waals surface area contributed by atoms with Crippen molar-refractivity contribution in [3.8, 4) is 0 Å². The Balaban J connectivity index is 3.15. The summed E-state index contributed by atoms with van der Waals surface area (Å²) in [5.74, 6) is -3.74. The molecular formula is C19H22N2O8. The smallest absolute Gasteiger partial charge is 0.340 e. The summed E-state index contributed by atoms with van der Waals surface area (Å²) < 4.78 is 20.8. The van der Waals surface area contributed by atoms with Crippen LogP contribution in [0.2, 0.25) is 0 Å². The van der Waals surface area contributed by atoms with Crippen LogP contribution in [-0.2, 0) is 38.1 Å². The quantitative estimate of drug-likeness (QED) is 0.503. The summed E-state index contributed by atoms with van der Waals surface area (Å²) in [6.07, 6.45) is 1.53. The first-order valence-electron chi connectivity index (χ1n) is 8.41. The van der Waals surface area contributed by atoms with Gasteiger partial charge in [-0.25, -0.2) is 19.2 Å². The van der Waals surface area contributed by atoms with E-state index >= 15 is 0 Å². The molecule has 1 aromatic heterocycles. The molecule has 0 saturated heterocycles. The van der Waals surface area contributed by atoms with Gasteiger partial charge in [-0.3, -0.25) is 0 Å². The fourth-order valence-corrected chi connectivity index (χ4v) is 3.21. The van der Waals surface area contributed by atoms with Gasteiger partial charge in [-0.2, -0.15) is 0 Å². The summed E-state index contributed by atoms with van der Waals surface area (Å²) in [6, 6.07) is 1.86. The van der Waals surface area contributed by atoms with E-state index < -0.39 is 41.1 Å². The van der Waals surface area contributed by atoms with Crippen LogP contribution in [0.15, 0.2) is 35.0 Å². The van der Waals surface area contributed by atoms with Gasteiger partial charge in [-0.05, 0) is 12.1 Å². The Labute approximate surface area is 167 Å². The molecule has 0 amide bonds. The van der Waals surface area contributed by atoms with Crippen LogP contribution in [0.5, 0.6) is 0 Å². The summed E-state index contributed by atoms with van der Waals surface area (Å²) in [4.78, 5) is 52.6. The SMILES string of the molecule is COC(=O)C1=C(C(=O)OC)C(C(=O)OC)n2cccc2C(N(C)C)=C1C(=O)OC. The third-order valence-electron chi connectivity index (χ3n) is 4.39. The van der Waals surface area contributed by atoms with Gasteiger partial charge < -0.3 is 28.4 Å². The molecule has 0 aromatic carbocycles. The highest BCUT2D eigenvalue weighted by atomic mass is 16.5. The van der Waals surface area contributed by atoms with Crippen LogP contribution < -0.4 is 0 Å². The fourth-order valence-electron chi connectivity index (χ4n) is 3.21. The number of ether oxygens (including phenoxy) is 4. The first-order valence-corrected chi connectivity index (χ1v) is 8.41. The second-order valence-electron chi connectivity index (χ2n) is 6.11. The Kier molecular flexibility index (Phi) is 6.47. The molecule has 2 heterocycles. The maximum atomic E-state index is 12.8. The number of carbonyl (C=O) groups is 4. The van der Waals surface area contributed by atoms with E-state index in [4.69, 9.17) is 18.9 Å². The third kappa shape index (κ3) is 3.60. The summed E-state index contributed by atoms with van der Waals surface area (Å²) >= 11 is 0. The number of aromatic nitrogens is 1. The van der Waals surface area contributed by atoms with Crippen LogP contribution in [0.25, 0.3) is 5.70 Å². The van der Waals surface area contributed by atoms with Crippen molar-refractivity contribution in [3.05, 3.63) is 40.7 Å². The second-order valence-corrected chi connectivity index (χ2v) is 6.11. The van der Waals surface area contributed by atoms with Crippen LogP contribution in [0.3, 0.4) is 0 Å². The molecule has 10 heteroatoms. The van der Waals surface area contributed by atoms with Gasteiger partial charge in [-0.15, -0.1) is 0 Å². The molecular weight excluding hydrogens is 384 g/mol. The van der Waals surface area contributed by atoms with Gasteiger partial charge in [-0.1, -0.05) is 0 Å². The Morgan fingerprint density at radius 1 is 0.862 bits per heavy atom.